The number of allylic oxidation sites excluding steroid dienone is 4. The van der Waals surface area contributed by atoms with E-state index in [1.165, 1.54) is 44.1 Å². The molecule has 0 radical (unpaired) electrons. The number of fused-ring (bicyclic) bond motifs is 10. The zero-order valence-electron chi connectivity index (χ0n) is 17.0. The molecule has 0 aromatic rings. The van der Waals surface area contributed by atoms with Gasteiger partial charge in [-0.2, -0.15) is 0 Å². The molecule has 2 spiro atoms. The van der Waals surface area contributed by atoms with Crippen LogP contribution in [0.1, 0.15) is 65.2 Å². The molecular weight excluding hydrogens is 348 g/mol. The number of ether oxygens (including phenoxy) is 1. The Morgan fingerprint density at radius 2 is 1.86 bits per heavy atom. The largest absolute Gasteiger partial charge is 0.458 e. The molecule has 6 aliphatic carbocycles. The van der Waals surface area contributed by atoms with Crippen LogP contribution < -0.4 is 0 Å². The van der Waals surface area contributed by atoms with Crippen LogP contribution in [0, 0.1) is 45.8 Å². The van der Waals surface area contributed by atoms with Gasteiger partial charge in [-0.05, 0) is 86.2 Å². The van der Waals surface area contributed by atoms with Crippen LogP contribution in [-0.4, -0.2) is 17.4 Å². The molecule has 3 heteroatoms. The minimum Gasteiger partial charge on any atom is -0.458 e. The summed E-state index contributed by atoms with van der Waals surface area (Å²) in [4.78, 5) is 24.4. The Bertz CT molecular complexity index is 893. The summed E-state index contributed by atoms with van der Waals surface area (Å²) in [7, 11) is 0. The van der Waals surface area contributed by atoms with E-state index < -0.39 is 0 Å². The molecule has 7 rings (SSSR count). The first kappa shape index (κ1) is 16.4. The van der Waals surface area contributed by atoms with E-state index in [0.29, 0.717) is 29.6 Å². The van der Waals surface area contributed by atoms with Crippen molar-refractivity contribution in [1.29, 1.82) is 0 Å². The summed E-state index contributed by atoms with van der Waals surface area (Å²) in [6, 6.07) is 0. The maximum atomic E-state index is 12.2. The van der Waals surface area contributed by atoms with Gasteiger partial charge in [-0.1, -0.05) is 25.5 Å². The van der Waals surface area contributed by atoms with Crippen molar-refractivity contribution in [2.75, 3.05) is 0 Å². The van der Waals surface area contributed by atoms with Crippen molar-refractivity contribution >= 4 is 11.8 Å². The second kappa shape index (κ2) is 4.52. The lowest BCUT2D eigenvalue weighted by molar-refractivity contribution is -0.176. The molecule has 0 aromatic heterocycles. The Labute approximate surface area is 167 Å². The van der Waals surface area contributed by atoms with Crippen LogP contribution in [-0.2, 0) is 14.3 Å². The second-order valence-electron chi connectivity index (χ2n) is 11.7. The van der Waals surface area contributed by atoms with Gasteiger partial charge in [0.1, 0.15) is 5.60 Å². The van der Waals surface area contributed by atoms with Gasteiger partial charge in [0.15, 0.2) is 5.78 Å². The fraction of sp³-hybridized carbons (Fsp3) is 0.760. The van der Waals surface area contributed by atoms with Gasteiger partial charge >= 0.3 is 5.97 Å². The highest BCUT2D eigenvalue weighted by atomic mass is 16.6. The lowest BCUT2D eigenvalue weighted by Gasteiger charge is -2.61. The van der Waals surface area contributed by atoms with E-state index in [9.17, 15) is 9.59 Å². The summed E-state index contributed by atoms with van der Waals surface area (Å²) in [5, 5.41) is 0. The number of carbonyl (C=O) groups excluding carboxylic acids is 2. The van der Waals surface area contributed by atoms with Crippen molar-refractivity contribution < 1.29 is 14.3 Å². The standard InChI is InChI=1S/C25H30O3/c1-22-6-3-14(26)11-19(22)24(9-10-24)13-16-17(22)4-7-23(2)21(16)15-12-18(15)25(23)8-5-20(27)28-25/h3,6,11,15-18,21H,4-5,7-10,12-13H2,1-2H3/t15-,16?,17?,18?,21?,22-,23+,25+/m1/s1. The summed E-state index contributed by atoms with van der Waals surface area (Å²) < 4.78 is 6.22. The lowest BCUT2D eigenvalue weighted by atomic mass is 9.44. The van der Waals surface area contributed by atoms with Gasteiger partial charge in [-0.25, -0.2) is 0 Å². The van der Waals surface area contributed by atoms with Crippen molar-refractivity contribution in [1.82, 2.24) is 0 Å². The Hall–Kier alpha value is -1.38. The summed E-state index contributed by atoms with van der Waals surface area (Å²) in [5.41, 5.74) is 1.82. The Morgan fingerprint density at radius 3 is 2.57 bits per heavy atom. The Balaban J connectivity index is 1.34. The van der Waals surface area contributed by atoms with Crippen molar-refractivity contribution in [2.45, 2.75) is 70.8 Å². The fourth-order valence-electron chi connectivity index (χ4n) is 9.61. The average molecular weight is 379 g/mol. The molecule has 4 unspecified atom stereocenters. The van der Waals surface area contributed by atoms with Crippen molar-refractivity contribution in [3.05, 3.63) is 23.8 Å². The van der Waals surface area contributed by atoms with Crippen LogP contribution in [0.2, 0.25) is 0 Å². The molecule has 0 aromatic carbocycles. The van der Waals surface area contributed by atoms with Crippen molar-refractivity contribution in [2.24, 2.45) is 45.8 Å². The maximum absolute atomic E-state index is 12.2. The third-order valence-electron chi connectivity index (χ3n) is 10.8. The van der Waals surface area contributed by atoms with Crippen molar-refractivity contribution in [3.8, 4) is 0 Å². The van der Waals surface area contributed by atoms with E-state index in [2.05, 4.69) is 19.9 Å². The molecule has 1 aliphatic heterocycles. The molecule has 28 heavy (non-hydrogen) atoms. The topological polar surface area (TPSA) is 43.4 Å². The molecule has 148 valence electrons. The predicted octanol–water partition coefficient (Wildman–Crippen LogP) is 4.62. The van der Waals surface area contributed by atoms with Crippen LogP contribution in [0.3, 0.4) is 0 Å². The predicted molar refractivity (Wildman–Crippen MR) is 104 cm³/mol. The zero-order valence-corrected chi connectivity index (χ0v) is 17.0. The summed E-state index contributed by atoms with van der Waals surface area (Å²) in [6.45, 7) is 4.90. The molecule has 1 heterocycles. The first-order chi connectivity index (χ1) is 13.3. The maximum Gasteiger partial charge on any atom is 0.306 e. The molecular formula is C25H30O3. The number of ketones is 1. The lowest BCUT2D eigenvalue weighted by Crippen LogP contribution is -2.57. The van der Waals surface area contributed by atoms with Crippen LogP contribution >= 0.6 is 0 Å². The van der Waals surface area contributed by atoms with Crippen LogP contribution in [0.5, 0.6) is 0 Å². The van der Waals surface area contributed by atoms with Crippen LogP contribution in [0.15, 0.2) is 23.8 Å². The molecule has 6 fully saturated rings. The van der Waals surface area contributed by atoms with E-state index >= 15 is 0 Å². The van der Waals surface area contributed by atoms with Gasteiger partial charge in [-0.15, -0.1) is 0 Å². The van der Waals surface area contributed by atoms with E-state index in [0.717, 1.165) is 18.3 Å². The molecule has 5 saturated carbocycles. The third kappa shape index (κ3) is 1.60. The number of esters is 1. The summed E-state index contributed by atoms with van der Waals surface area (Å²) in [6.07, 6.45) is 15.2. The Morgan fingerprint density at radius 1 is 1.04 bits per heavy atom. The highest BCUT2D eigenvalue weighted by Gasteiger charge is 2.80. The minimum absolute atomic E-state index is 0.0443. The number of hydrogen-bond donors (Lipinski definition) is 0. The average Bonchev–Trinajstić information content (AvgIpc) is 3.55. The van der Waals surface area contributed by atoms with Crippen LogP contribution in [0.4, 0.5) is 0 Å². The molecule has 3 nitrogen and oxygen atoms in total. The second-order valence-corrected chi connectivity index (χ2v) is 11.7. The van der Waals surface area contributed by atoms with E-state index in [-0.39, 0.29) is 28.2 Å². The Kier molecular flexibility index (Phi) is 2.65. The molecule has 0 N–H and O–H groups in total. The molecule has 7 aliphatic rings. The SMILES string of the molecule is C[C@]12C=CC(=O)C=C1C1(CC1)CC1C2CC[C@@]2(C)C1[C@@H]1CC1[C@@]21CCC(=O)O1. The number of carbonyl (C=O) groups is 2. The smallest absolute Gasteiger partial charge is 0.306 e. The van der Waals surface area contributed by atoms with E-state index in [4.69, 9.17) is 4.74 Å². The van der Waals surface area contributed by atoms with Gasteiger partial charge in [0.05, 0.1) is 0 Å². The summed E-state index contributed by atoms with van der Waals surface area (Å²) >= 11 is 0. The first-order valence-electron chi connectivity index (χ1n) is 11.5. The van der Waals surface area contributed by atoms with Crippen molar-refractivity contribution in [3.63, 3.8) is 0 Å². The van der Waals surface area contributed by atoms with Gasteiger partial charge in [-0.3, -0.25) is 9.59 Å². The zero-order chi connectivity index (χ0) is 19.1. The monoisotopic (exact) mass is 378 g/mol. The number of rotatable bonds is 0. The molecule has 8 atom stereocenters. The minimum atomic E-state index is -0.156. The molecule has 1 saturated heterocycles. The van der Waals surface area contributed by atoms with Gasteiger partial charge in [0, 0.05) is 23.2 Å². The molecule has 0 bridgehead atoms. The highest BCUT2D eigenvalue weighted by molar-refractivity contribution is 6.01. The van der Waals surface area contributed by atoms with E-state index in [1.807, 2.05) is 12.2 Å². The normalized spacial score (nSPS) is 56.6. The third-order valence-corrected chi connectivity index (χ3v) is 10.8. The van der Waals surface area contributed by atoms with Gasteiger partial charge in [0.25, 0.3) is 0 Å². The highest BCUT2D eigenvalue weighted by Crippen LogP contribution is 2.81. The fourth-order valence-corrected chi connectivity index (χ4v) is 9.61. The summed E-state index contributed by atoms with van der Waals surface area (Å²) in [5.74, 6) is 3.68. The quantitative estimate of drug-likeness (QED) is 0.578. The van der Waals surface area contributed by atoms with Gasteiger partial charge in [0.2, 0.25) is 0 Å². The molecule has 0 amide bonds. The van der Waals surface area contributed by atoms with Gasteiger partial charge < -0.3 is 4.74 Å². The first-order valence-corrected chi connectivity index (χ1v) is 11.5. The van der Waals surface area contributed by atoms with E-state index in [1.54, 1.807) is 0 Å². The number of hydrogen-bond acceptors (Lipinski definition) is 3. The van der Waals surface area contributed by atoms with Crippen LogP contribution in [0.25, 0.3) is 0 Å².